The van der Waals surface area contributed by atoms with Gasteiger partial charge in [0.05, 0.1) is 37.3 Å². The quantitative estimate of drug-likeness (QED) is 0.345. The Kier molecular flexibility index (Phi) is 9.90. The Morgan fingerprint density at radius 2 is 1.58 bits per heavy atom. The smallest absolute Gasteiger partial charge is 0.323 e. The van der Waals surface area contributed by atoms with Gasteiger partial charge in [-0.25, -0.2) is 13.6 Å². The van der Waals surface area contributed by atoms with E-state index in [0.717, 1.165) is 55.4 Å². The summed E-state index contributed by atoms with van der Waals surface area (Å²) < 4.78 is 38.2. The number of rotatable bonds is 9. The molecule has 0 aromatic heterocycles. The van der Waals surface area contributed by atoms with Crippen molar-refractivity contribution in [1.82, 2.24) is 10.2 Å². The molecule has 0 spiro atoms. The van der Waals surface area contributed by atoms with Gasteiger partial charge in [0.25, 0.3) is 5.91 Å². The van der Waals surface area contributed by atoms with Crippen LogP contribution in [0.15, 0.2) is 60.7 Å². The van der Waals surface area contributed by atoms with Crippen molar-refractivity contribution in [2.24, 2.45) is 0 Å². The number of methoxy groups -OCH3 is 1. The van der Waals surface area contributed by atoms with Gasteiger partial charge in [-0.15, -0.1) is 0 Å². The number of benzene rings is 3. The summed E-state index contributed by atoms with van der Waals surface area (Å²) in [6.07, 6.45) is 0. The van der Waals surface area contributed by atoms with Crippen LogP contribution < -0.4 is 30.5 Å². The van der Waals surface area contributed by atoms with Crippen LogP contribution in [0.1, 0.15) is 10.4 Å². The summed E-state index contributed by atoms with van der Waals surface area (Å²) in [5.74, 6) is -1.08. The summed E-state index contributed by atoms with van der Waals surface area (Å²) in [5.41, 5.74) is 2.38. The first-order valence-electron chi connectivity index (χ1n) is 14.3. The van der Waals surface area contributed by atoms with Crippen LogP contribution >= 0.6 is 0 Å². The van der Waals surface area contributed by atoms with E-state index >= 15 is 0 Å². The predicted molar refractivity (Wildman–Crippen MR) is 162 cm³/mol. The molecule has 2 fully saturated rings. The molecule has 2 aliphatic heterocycles. The SMILES string of the molecule is COc1ccccc1N1CCN(c2ccc(NC(=O)Nc3ccc(F)cc3F)cc2C(=O)NCCN2CCOCC2)CC1. The van der Waals surface area contributed by atoms with Crippen molar-refractivity contribution in [2.75, 3.05) is 93.1 Å². The Bertz CT molecular complexity index is 1430. The maximum absolute atomic E-state index is 14.0. The second-order valence-corrected chi connectivity index (χ2v) is 10.3. The fourth-order valence-corrected chi connectivity index (χ4v) is 5.27. The summed E-state index contributed by atoms with van der Waals surface area (Å²) in [6.45, 7) is 6.95. The average Bonchev–Trinajstić information content (AvgIpc) is 3.03. The topological polar surface area (TPSA) is 98.4 Å². The monoisotopic (exact) mass is 594 g/mol. The Labute approximate surface area is 249 Å². The number of nitrogens with one attached hydrogen (secondary N) is 3. The van der Waals surface area contributed by atoms with Gasteiger partial charge < -0.3 is 35.2 Å². The minimum absolute atomic E-state index is 0.162. The number of para-hydroxylation sites is 2. The number of halogens is 2. The largest absolute Gasteiger partial charge is 0.495 e. The van der Waals surface area contributed by atoms with E-state index in [1.165, 1.54) is 0 Å². The zero-order chi connectivity index (χ0) is 30.2. The number of hydrogen-bond donors (Lipinski definition) is 3. The molecule has 3 N–H and O–H groups in total. The van der Waals surface area contributed by atoms with Crippen LogP contribution in [0.2, 0.25) is 0 Å². The van der Waals surface area contributed by atoms with Gasteiger partial charge in [0.1, 0.15) is 17.4 Å². The van der Waals surface area contributed by atoms with Gasteiger partial charge in [-0.05, 0) is 42.5 Å². The molecular weight excluding hydrogens is 558 g/mol. The number of piperazine rings is 1. The number of nitrogens with zero attached hydrogens (tertiary/aromatic N) is 3. The Hall–Kier alpha value is -4.42. The Morgan fingerprint density at radius 3 is 2.30 bits per heavy atom. The van der Waals surface area contributed by atoms with Crippen molar-refractivity contribution >= 4 is 34.7 Å². The lowest BCUT2D eigenvalue weighted by molar-refractivity contribution is 0.0383. The molecule has 0 saturated carbocycles. The number of carbonyl (C=O) groups excluding carboxylic acids is 2. The van der Waals surface area contributed by atoms with Gasteiger partial charge in [0.2, 0.25) is 0 Å². The van der Waals surface area contributed by atoms with Crippen molar-refractivity contribution < 1.29 is 27.8 Å². The molecule has 0 bridgehead atoms. The molecule has 0 unspecified atom stereocenters. The van der Waals surface area contributed by atoms with Crippen molar-refractivity contribution in [2.45, 2.75) is 0 Å². The molecule has 2 saturated heterocycles. The van der Waals surface area contributed by atoms with Crippen molar-refractivity contribution in [1.29, 1.82) is 0 Å². The van der Waals surface area contributed by atoms with Crippen LogP contribution in [0.4, 0.5) is 36.3 Å². The first-order valence-corrected chi connectivity index (χ1v) is 14.3. The number of amides is 3. The van der Waals surface area contributed by atoms with Gasteiger partial charge in [-0.2, -0.15) is 0 Å². The standard InChI is InChI=1S/C31H36F2N6O4/c1-42-29-5-3-2-4-28(29)39-14-12-38(13-15-39)27-9-7-23(35-31(41)36-26-8-6-22(32)20-25(26)33)21-24(27)30(40)34-10-11-37-16-18-43-19-17-37/h2-9,20-21H,10-19H2,1H3,(H,34,40)(H2,35,36,41). The third kappa shape index (κ3) is 7.70. The highest BCUT2D eigenvalue weighted by Gasteiger charge is 2.24. The normalized spacial score (nSPS) is 15.6. The highest BCUT2D eigenvalue weighted by Crippen LogP contribution is 2.31. The third-order valence-corrected chi connectivity index (χ3v) is 7.54. The number of ether oxygens (including phenoxy) is 2. The molecule has 43 heavy (non-hydrogen) atoms. The van der Waals surface area contributed by atoms with Gasteiger partial charge in [-0.3, -0.25) is 9.69 Å². The lowest BCUT2D eigenvalue weighted by Gasteiger charge is -2.38. The van der Waals surface area contributed by atoms with Gasteiger partial charge in [-0.1, -0.05) is 12.1 Å². The van der Waals surface area contributed by atoms with Crippen LogP contribution in [0.25, 0.3) is 0 Å². The van der Waals surface area contributed by atoms with E-state index in [0.29, 0.717) is 56.7 Å². The van der Waals surface area contributed by atoms with E-state index in [-0.39, 0.29) is 11.6 Å². The number of morpholine rings is 1. The van der Waals surface area contributed by atoms with Crippen molar-refractivity contribution in [3.8, 4) is 5.75 Å². The van der Waals surface area contributed by atoms with Gasteiger partial charge >= 0.3 is 6.03 Å². The molecule has 10 nitrogen and oxygen atoms in total. The van der Waals surface area contributed by atoms with Crippen LogP contribution in [-0.2, 0) is 4.74 Å². The minimum Gasteiger partial charge on any atom is -0.495 e. The van der Waals surface area contributed by atoms with Crippen molar-refractivity contribution in [3.63, 3.8) is 0 Å². The van der Waals surface area contributed by atoms with Crippen LogP contribution in [0.3, 0.4) is 0 Å². The zero-order valence-corrected chi connectivity index (χ0v) is 24.1. The fourth-order valence-electron chi connectivity index (χ4n) is 5.27. The number of anilines is 4. The summed E-state index contributed by atoms with van der Waals surface area (Å²) in [7, 11) is 1.66. The molecule has 12 heteroatoms. The van der Waals surface area contributed by atoms with E-state index in [1.807, 2.05) is 30.3 Å². The Balaban J connectivity index is 1.30. The lowest BCUT2D eigenvalue weighted by Crippen LogP contribution is -2.47. The maximum Gasteiger partial charge on any atom is 0.323 e. The zero-order valence-electron chi connectivity index (χ0n) is 24.1. The first-order chi connectivity index (χ1) is 20.9. The van der Waals surface area contributed by atoms with Crippen LogP contribution in [0.5, 0.6) is 5.75 Å². The third-order valence-electron chi connectivity index (χ3n) is 7.54. The van der Waals surface area contributed by atoms with Crippen LogP contribution in [-0.4, -0.2) is 89.5 Å². The maximum atomic E-state index is 14.0. The average molecular weight is 595 g/mol. The highest BCUT2D eigenvalue weighted by atomic mass is 19.1. The molecular formula is C31H36F2N6O4. The van der Waals surface area contributed by atoms with Gasteiger partial charge in [0.15, 0.2) is 0 Å². The summed E-state index contributed by atoms with van der Waals surface area (Å²) in [6, 6.07) is 15.2. The minimum atomic E-state index is -0.891. The highest BCUT2D eigenvalue weighted by molar-refractivity contribution is 6.04. The van der Waals surface area contributed by atoms with E-state index in [9.17, 15) is 18.4 Å². The summed E-state index contributed by atoms with van der Waals surface area (Å²) in [5, 5.41) is 8.05. The number of carbonyl (C=O) groups is 2. The molecule has 0 aliphatic carbocycles. The summed E-state index contributed by atoms with van der Waals surface area (Å²) >= 11 is 0. The van der Waals surface area contributed by atoms with E-state index in [4.69, 9.17) is 9.47 Å². The van der Waals surface area contributed by atoms with E-state index in [2.05, 4.69) is 30.7 Å². The second-order valence-electron chi connectivity index (χ2n) is 10.3. The summed E-state index contributed by atoms with van der Waals surface area (Å²) in [4.78, 5) is 32.8. The molecule has 3 aromatic rings. The lowest BCUT2D eigenvalue weighted by atomic mass is 10.1. The second kappa shape index (κ2) is 14.2. The molecule has 0 atom stereocenters. The van der Waals surface area contributed by atoms with E-state index < -0.39 is 17.7 Å². The first kappa shape index (κ1) is 30.1. The molecule has 228 valence electrons. The molecule has 2 aliphatic rings. The van der Waals surface area contributed by atoms with E-state index in [1.54, 1.807) is 19.2 Å². The molecule has 0 radical (unpaired) electrons. The fraction of sp³-hybridized carbons (Fsp3) is 0.355. The molecule has 2 heterocycles. The number of hydrogen-bond acceptors (Lipinski definition) is 7. The molecule has 3 amide bonds. The van der Waals surface area contributed by atoms with Crippen LogP contribution in [0, 0.1) is 11.6 Å². The number of urea groups is 1. The molecule has 5 rings (SSSR count). The molecule has 3 aromatic carbocycles. The predicted octanol–water partition coefficient (Wildman–Crippen LogP) is 4.01. The van der Waals surface area contributed by atoms with Gasteiger partial charge in [0, 0.05) is 69.8 Å². The Morgan fingerprint density at radius 1 is 0.860 bits per heavy atom. The van der Waals surface area contributed by atoms with Crippen molar-refractivity contribution in [3.05, 3.63) is 77.9 Å².